The maximum atomic E-state index is 5.88. The smallest absolute Gasteiger partial charge is 0.128 e. The van der Waals surface area contributed by atoms with Gasteiger partial charge in [0.25, 0.3) is 0 Å². The van der Waals surface area contributed by atoms with Crippen molar-refractivity contribution in [2.24, 2.45) is 0 Å². The molecular weight excluding hydrogens is 258 g/mol. The zero-order chi connectivity index (χ0) is 14.1. The molecule has 19 heavy (non-hydrogen) atoms. The Morgan fingerprint density at radius 2 is 1.84 bits per heavy atom. The van der Waals surface area contributed by atoms with E-state index in [0.29, 0.717) is 5.88 Å². The molecule has 0 saturated carbocycles. The van der Waals surface area contributed by atoms with Gasteiger partial charge in [0, 0.05) is 25.2 Å². The molecule has 0 bridgehead atoms. The molecule has 0 aliphatic heterocycles. The molecule has 0 aromatic carbocycles. The van der Waals surface area contributed by atoms with Crippen LogP contribution in [0, 0.1) is 0 Å². The minimum absolute atomic E-state index is 0.548. The van der Waals surface area contributed by atoms with Crippen molar-refractivity contribution in [3.05, 3.63) is 23.9 Å². The highest BCUT2D eigenvalue weighted by Crippen LogP contribution is 2.14. The Hall–Kier alpha value is -0.800. The summed E-state index contributed by atoms with van der Waals surface area (Å²) in [5.74, 6) is 1.59. The zero-order valence-corrected chi connectivity index (χ0v) is 13.2. The SMILES string of the molecule is CCN(CC)CCCN(CC)c1cc(CCl)ccn1. The van der Waals surface area contributed by atoms with E-state index in [0.717, 1.165) is 44.1 Å². The molecule has 0 atom stereocenters. The fraction of sp³-hybridized carbons (Fsp3) is 0.667. The van der Waals surface area contributed by atoms with E-state index in [4.69, 9.17) is 11.6 Å². The van der Waals surface area contributed by atoms with Crippen molar-refractivity contribution in [2.75, 3.05) is 37.6 Å². The number of pyridine rings is 1. The Morgan fingerprint density at radius 3 is 2.42 bits per heavy atom. The Labute approximate surface area is 122 Å². The fourth-order valence-corrected chi connectivity index (χ4v) is 2.34. The van der Waals surface area contributed by atoms with Gasteiger partial charge < -0.3 is 9.80 Å². The van der Waals surface area contributed by atoms with Crippen LogP contribution < -0.4 is 4.90 Å². The van der Waals surface area contributed by atoms with E-state index in [-0.39, 0.29) is 0 Å². The molecule has 0 spiro atoms. The normalized spacial score (nSPS) is 11.0. The molecule has 0 aliphatic carbocycles. The summed E-state index contributed by atoms with van der Waals surface area (Å²) in [6.45, 7) is 12.0. The fourth-order valence-electron chi connectivity index (χ4n) is 2.18. The first-order chi connectivity index (χ1) is 9.24. The number of rotatable bonds is 9. The second-order valence-electron chi connectivity index (χ2n) is 4.62. The van der Waals surface area contributed by atoms with E-state index in [1.807, 2.05) is 12.3 Å². The first kappa shape index (κ1) is 16.3. The second-order valence-corrected chi connectivity index (χ2v) is 4.88. The molecule has 1 aromatic rings. The Morgan fingerprint density at radius 1 is 1.11 bits per heavy atom. The van der Waals surface area contributed by atoms with Gasteiger partial charge >= 0.3 is 0 Å². The quantitative estimate of drug-likeness (QED) is 0.648. The van der Waals surface area contributed by atoms with Crippen molar-refractivity contribution in [1.82, 2.24) is 9.88 Å². The van der Waals surface area contributed by atoms with Crippen molar-refractivity contribution < 1.29 is 0 Å². The molecule has 4 heteroatoms. The van der Waals surface area contributed by atoms with Crippen molar-refractivity contribution >= 4 is 17.4 Å². The predicted molar refractivity (Wildman–Crippen MR) is 84.1 cm³/mol. The molecule has 0 saturated heterocycles. The van der Waals surface area contributed by atoms with Gasteiger partial charge in [-0.3, -0.25) is 0 Å². The molecule has 3 nitrogen and oxygen atoms in total. The van der Waals surface area contributed by atoms with E-state index in [1.165, 1.54) is 6.42 Å². The van der Waals surface area contributed by atoms with E-state index >= 15 is 0 Å². The van der Waals surface area contributed by atoms with Crippen LogP contribution in [0.25, 0.3) is 0 Å². The van der Waals surface area contributed by atoms with E-state index < -0.39 is 0 Å². The minimum atomic E-state index is 0.548. The zero-order valence-electron chi connectivity index (χ0n) is 12.4. The number of halogens is 1. The third-order valence-electron chi connectivity index (χ3n) is 3.47. The predicted octanol–water partition coefficient (Wildman–Crippen LogP) is 3.38. The molecule has 108 valence electrons. The lowest BCUT2D eigenvalue weighted by atomic mass is 10.2. The van der Waals surface area contributed by atoms with Gasteiger partial charge in [-0.05, 0) is 50.7 Å². The molecule has 0 radical (unpaired) electrons. The first-order valence-electron chi connectivity index (χ1n) is 7.23. The maximum absolute atomic E-state index is 5.88. The standard InChI is InChI=1S/C15H26ClN3/c1-4-18(5-2)10-7-11-19(6-3)15-12-14(13-16)8-9-17-15/h8-9,12H,4-7,10-11,13H2,1-3H3. The van der Waals surface area contributed by atoms with Gasteiger partial charge in [0.15, 0.2) is 0 Å². The van der Waals surface area contributed by atoms with E-state index in [1.54, 1.807) is 0 Å². The molecule has 0 fully saturated rings. The van der Waals surface area contributed by atoms with Crippen LogP contribution in [0.5, 0.6) is 0 Å². The number of aromatic nitrogens is 1. The van der Waals surface area contributed by atoms with E-state index in [2.05, 4.69) is 41.6 Å². The molecule has 1 rings (SSSR count). The summed E-state index contributed by atoms with van der Waals surface area (Å²) in [5.41, 5.74) is 1.13. The van der Waals surface area contributed by atoms with Crippen molar-refractivity contribution in [2.45, 2.75) is 33.1 Å². The number of hydrogen-bond donors (Lipinski definition) is 0. The molecule has 0 N–H and O–H groups in total. The van der Waals surface area contributed by atoms with Gasteiger partial charge in [0.2, 0.25) is 0 Å². The number of hydrogen-bond acceptors (Lipinski definition) is 3. The highest BCUT2D eigenvalue weighted by molar-refractivity contribution is 6.17. The summed E-state index contributed by atoms with van der Waals surface area (Å²) in [5, 5.41) is 0. The number of nitrogens with zero attached hydrogens (tertiary/aromatic N) is 3. The molecule has 1 heterocycles. The lowest BCUT2D eigenvalue weighted by molar-refractivity contribution is 0.300. The first-order valence-corrected chi connectivity index (χ1v) is 7.76. The van der Waals surface area contributed by atoms with Crippen LogP contribution in [-0.2, 0) is 5.88 Å². The Bertz CT molecular complexity index is 353. The van der Waals surface area contributed by atoms with Gasteiger partial charge in [0.1, 0.15) is 5.82 Å². The highest BCUT2D eigenvalue weighted by Gasteiger charge is 2.07. The third kappa shape index (κ3) is 5.37. The molecule has 1 aromatic heterocycles. The lowest BCUT2D eigenvalue weighted by Gasteiger charge is -2.24. The Balaban J connectivity index is 2.52. The molecule has 0 amide bonds. The summed E-state index contributed by atoms with van der Waals surface area (Å²) in [6.07, 6.45) is 3.02. The average molecular weight is 284 g/mol. The van der Waals surface area contributed by atoms with Crippen molar-refractivity contribution in [1.29, 1.82) is 0 Å². The summed E-state index contributed by atoms with van der Waals surface area (Å²) in [4.78, 5) is 9.22. The summed E-state index contributed by atoms with van der Waals surface area (Å²) in [7, 11) is 0. The average Bonchev–Trinajstić information content (AvgIpc) is 2.47. The summed E-state index contributed by atoms with van der Waals surface area (Å²) >= 11 is 5.88. The van der Waals surface area contributed by atoms with Crippen LogP contribution in [0.3, 0.4) is 0 Å². The lowest BCUT2D eigenvalue weighted by Crippen LogP contribution is -2.30. The van der Waals surface area contributed by atoms with Crippen LogP contribution in [-0.4, -0.2) is 42.6 Å². The van der Waals surface area contributed by atoms with Crippen LogP contribution in [0.4, 0.5) is 5.82 Å². The van der Waals surface area contributed by atoms with Crippen LogP contribution >= 0.6 is 11.6 Å². The largest absolute Gasteiger partial charge is 0.357 e. The third-order valence-corrected chi connectivity index (χ3v) is 3.78. The van der Waals surface area contributed by atoms with Crippen molar-refractivity contribution in [3.63, 3.8) is 0 Å². The minimum Gasteiger partial charge on any atom is -0.357 e. The maximum Gasteiger partial charge on any atom is 0.128 e. The highest BCUT2D eigenvalue weighted by atomic mass is 35.5. The Kier molecular flexibility index (Phi) is 7.84. The molecule has 0 aliphatic rings. The van der Waals surface area contributed by atoms with Crippen LogP contribution in [0.15, 0.2) is 18.3 Å². The van der Waals surface area contributed by atoms with Gasteiger partial charge in [0.05, 0.1) is 0 Å². The molecule has 0 unspecified atom stereocenters. The van der Waals surface area contributed by atoms with Crippen LogP contribution in [0.1, 0.15) is 32.8 Å². The summed E-state index contributed by atoms with van der Waals surface area (Å²) < 4.78 is 0. The van der Waals surface area contributed by atoms with E-state index in [9.17, 15) is 0 Å². The number of alkyl halides is 1. The summed E-state index contributed by atoms with van der Waals surface area (Å²) in [6, 6.07) is 4.06. The van der Waals surface area contributed by atoms with Gasteiger partial charge in [-0.2, -0.15) is 0 Å². The van der Waals surface area contributed by atoms with Gasteiger partial charge in [-0.1, -0.05) is 13.8 Å². The molecular formula is C15H26ClN3. The van der Waals surface area contributed by atoms with Gasteiger partial charge in [-0.25, -0.2) is 4.98 Å². The van der Waals surface area contributed by atoms with Crippen molar-refractivity contribution in [3.8, 4) is 0 Å². The van der Waals surface area contributed by atoms with Crippen LogP contribution in [0.2, 0.25) is 0 Å². The topological polar surface area (TPSA) is 19.4 Å². The monoisotopic (exact) mass is 283 g/mol. The van der Waals surface area contributed by atoms with Gasteiger partial charge in [-0.15, -0.1) is 11.6 Å². The number of anilines is 1. The second kappa shape index (κ2) is 9.16.